The fourth-order valence-electron chi connectivity index (χ4n) is 2.30. The van der Waals surface area contributed by atoms with Gasteiger partial charge in [0, 0.05) is 26.1 Å². The molecular weight excluding hydrogens is 250 g/mol. The highest BCUT2D eigenvalue weighted by Crippen LogP contribution is 2.19. The number of thiocarbonyl (C=S) groups is 1. The van der Waals surface area contributed by atoms with E-state index in [1.807, 2.05) is 13.8 Å². The monoisotopic (exact) mass is 271 g/mol. The molecule has 0 spiro atoms. The van der Waals surface area contributed by atoms with Gasteiger partial charge in [-0.2, -0.15) is 0 Å². The minimum Gasteiger partial charge on any atom is -0.393 e. The van der Waals surface area contributed by atoms with Gasteiger partial charge in [0.25, 0.3) is 0 Å². The van der Waals surface area contributed by atoms with Crippen LogP contribution in [0.15, 0.2) is 0 Å². The van der Waals surface area contributed by atoms with Crippen LogP contribution in [0.1, 0.15) is 27.2 Å². The molecular formula is C12H21N3O2S. The first kappa shape index (κ1) is 14.9. The topological polar surface area (TPSA) is 75.4 Å². The minimum absolute atomic E-state index is 0.0228. The van der Waals surface area contributed by atoms with Crippen LogP contribution in [-0.2, 0) is 9.59 Å². The van der Waals surface area contributed by atoms with E-state index in [1.165, 1.54) is 6.92 Å². The van der Waals surface area contributed by atoms with Crippen LogP contribution in [0.2, 0.25) is 0 Å². The Morgan fingerprint density at radius 1 is 1.44 bits per heavy atom. The molecule has 0 aliphatic carbocycles. The average Bonchev–Trinajstić information content (AvgIpc) is 2.63. The molecule has 5 nitrogen and oxygen atoms in total. The molecule has 6 heteroatoms. The molecule has 0 saturated carbocycles. The van der Waals surface area contributed by atoms with Crippen molar-refractivity contribution in [3.63, 3.8) is 0 Å². The summed E-state index contributed by atoms with van der Waals surface area (Å²) in [5.41, 5.74) is 5.64. The molecule has 0 radical (unpaired) electrons. The Hall–Kier alpha value is -1.17. The second-order valence-electron chi connectivity index (χ2n) is 5.09. The van der Waals surface area contributed by atoms with Crippen molar-refractivity contribution in [3.05, 3.63) is 0 Å². The van der Waals surface area contributed by atoms with Gasteiger partial charge in [0.2, 0.25) is 11.8 Å². The van der Waals surface area contributed by atoms with Crippen LogP contribution in [0.25, 0.3) is 0 Å². The highest BCUT2D eigenvalue weighted by atomic mass is 32.1. The third-order valence-corrected chi connectivity index (χ3v) is 3.40. The number of nitrogens with one attached hydrogen (secondary N) is 1. The smallest absolute Gasteiger partial charge is 0.232 e. The number of hydrogen-bond donors (Lipinski definition) is 2. The van der Waals surface area contributed by atoms with Crippen molar-refractivity contribution in [1.29, 1.82) is 0 Å². The standard InChI is InChI=1S/C12H21N3O2S/c1-7(2)10(11(13)18)12(17)15-5-4-9(6-15)14-8(3)16/h7,9-10H,4-6H2,1-3H3,(H2,13,18)(H,14,16). The fraction of sp³-hybridized carbons (Fsp3) is 0.750. The van der Waals surface area contributed by atoms with Gasteiger partial charge in [-0.3, -0.25) is 9.59 Å². The Labute approximate surface area is 113 Å². The van der Waals surface area contributed by atoms with Crippen molar-refractivity contribution in [2.75, 3.05) is 13.1 Å². The van der Waals surface area contributed by atoms with Crippen LogP contribution in [-0.4, -0.2) is 40.8 Å². The van der Waals surface area contributed by atoms with E-state index in [1.54, 1.807) is 4.90 Å². The molecule has 102 valence electrons. The van der Waals surface area contributed by atoms with Crippen molar-refractivity contribution < 1.29 is 9.59 Å². The van der Waals surface area contributed by atoms with E-state index in [0.717, 1.165) is 6.42 Å². The third-order valence-electron chi connectivity index (χ3n) is 3.15. The molecule has 1 fully saturated rings. The zero-order valence-electron chi connectivity index (χ0n) is 11.1. The fourth-order valence-corrected chi connectivity index (χ4v) is 2.67. The van der Waals surface area contributed by atoms with Gasteiger partial charge in [-0.1, -0.05) is 26.1 Å². The van der Waals surface area contributed by atoms with Gasteiger partial charge in [0.1, 0.15) is 0 Å². The molecule has 0 aromatic carbocycles. The number of nitrogens with two attached hydrogens (primary N) is 1. The maximum Gasteiger partial charge on any atom is 0.232 e. The summed E-state index contributed by atoms with van der Waals surface area (Å²) in [7, 11) is 0. The Morgan fingerprint density at radius 3 is 2.50 bits per heavy atom. The van der Waals surface area contributed by atoms with Gasteiger partial charge >= 0.3 is 0 Å². The maximum atomic E-state index is 12.3. The lowest BCUT2D eigenvalue weighted by Gasteiger charge is -2.25. The Bertz CT molecular complexity index is 357. The molecule has 2 unspecified atom stereocenters. The van der Waals surface area contributed by atoms with Crippen LogP contribution in [0.4, 0.5) is 0 Å². The predicted octanol–water partition coefficient (Wildman–Crippen LogP) is 0.282. The van der Waals surface area contributed by atoms with Crippen LogP contribution in [0, 0.1) is 11.8 Å². The van der Waals surface area contributed by atoms with Crippen LogP contribution >= 0.6 is 12.2 Å². The van der Waals surface area contributed by atoms with Gasteiger partial charge in [-0.25, -0.2) is 0 Å². The molecule has 18 heavy (non-hydrogen) atoms. The van der Waals surface area contributed by atoms with Gasteiger partial charge < -0.3 is 16.0 Å². The van der Waals surface area contributed by atoms with Gasteiger partial charge in [0.15, 0.2) is 0 Å². The van der Waals surface area contributed by atoms with E-state index in [0.29, 0.717) is 13.1 Å². The van der Waals surface area contributed by atoms with E-state index in [4.69, 9.17) is 18.0 Å². The maximum absolute atomic E-state index is 12.3. The van der Waals surface area contributed by atoms with Crippen LogP contribution in [0.3, 0.4) is 0 Å². The zero-order chi connectivity index (χ0) is 13.9. The lowest BCUT2D eigenvalue weighted by Crippen LogP contribution is -2.44. The summed E-state index contributed by atoms with van der Waals surface area (Å²) in [6, 6.07) is 0.0469. The number of nitrogens with zero attached hydrogens (tertiary/aromatic N) is 1. The summed E-state index contributed by atoms with van der Waals surface area (Å²) in [6.45, 7) is 6.54. The zero-order valence-corrected chi connectivity index (χ0v) is 11.9. The molecule has 1 aliphatic heterocycles. The van der Waals surface area contributed by atoms with E-state index >= 15 is 0 Å². The molecule has 1 aliphatic rings. The lowest BCUT2D eigenvalue weighted by molar-refractivity contribution is -0.133. The quantitative estimate of drug-likeness (QED) is 0.720. The number of carbonyl (C=O) groups is 2. The number of likely N-dealkylation sites (tertiary alicyclic amines) is 1. The predicted molar refractivity (Wildman–Crippen MR) is 73.9 cm³/mol. The van der Waals surface area contributed by atoms with E-state index in [2.05, 4.69) is 5.32 Å². The van der Waals surface area contributed by atoms with Crippen molar-refractivity contribution in [1.82, 2.24) is 10.2 Å². The Morgan fingerprint density at radius 2 is 2.06 bits per heavy atom. The largest absolute Gasteiger partial charge is 0.393 e. The molecule has 3 N–H and O–H groups in total. The first-order chi connectivity index (χ1) is 8.32. The summed E-state index contributed by atoms with van der Waals surface area (Å²) in [6.07, 6.45) is 0.785. The minimum atomic E-state index is -0.406. The highest BCUT2D eigenvalue weighted by Gasteiger charge is 2.33. The molecule has 2 atom stereocenters. The summed E-state index contributed by atoms with van der Waals surface area (Å²) in [5, 5.41) is 2.83. The molecule has 0 bridgehead atoms. The van der Waals surface area contributed by atoms with Crippen molar-refractivity contribution in [2.24, 2.45) is 17.6 Å². The van der Waals surface area contributed by atoms with Crippen LogP contribution < -0.4 is 11.1 Å². The number of rotatable bonds is 4. The average molecular weight is 271 g/mol. The van der Waals surface area contributed by atoms with Crippen molar-refractivity contribution >= 4 is 29.0 Å². The second-order valence-corrected chi connectivity index (χ2v) is 5.57. The van der Waals surface area contributed by atoms with Gasteiger partial charge in [-0.15, -0.1) is 0 Å². The summed E-state index contributed by atoms with van der Waals surface area (Å²) in [5.74, 6) is -0.402. The number of hydrogen-bond acceptors (Lipinski definition) is 3. The highest BCUT2D eigenvalue weighted by molar-refractivity contribution is 7.80. The first-order valence-electron chi connectivity index (χ1n) is 6.18. The van der Waals surface area contributed by atoms with Crippen LogP contribution in [0.5, 0.6) is 0 Å². The second kappa shape index (κ2) is 6.13. The summed E-state index contributed by atoms with van der Waals surface area (Å²) >= 11 is 4.96. The van der Waals surface area contributed by atoms with Gasteiger partial charge in [0.05, 0.1) is 10.9 Å². The normalized spacial score (nSPS) is 20.9. The van der Waals surface area contributed by atoms with E-state index < -0.39 is 5.92 Å². The molecule has 1 rings (SSSR count). The summed E-state index contributed by atoms with van der Waals surface area (Å²) < 4.78 is 0. The van der Waals surface area contributed by atoms with E-state index in [9.17, 15) is 9.59 Å². The third kappa shape index (κ3) is 3.66. The Balaban J connectivity index is 2.63. The molecule has 0 aromatic heterocycles. The van der Waals surface area contributed by atoms with Gasteiger partial charge in [-0.05, 0) is 12.3 Å². The molecule has 2 amide bonds. The van der Waals surface area contributed by atoms with Crippen molar-refractivity contribution in [2.45, 2.75) is 33.2 Å². The molecule has 0 aromatic rings. The molecule has 1 saturated heterocycles. The number of amides is 2. The van der Waals surface area contributed by atoms with E-state index in [-0.39, 0.29) is 28.8 Å². The summed E-state index contributed by atoms with van der Waals surface area (Å²) in [4.78, 5) is 25.3. The first-order valence-corrected chi connectivity index (χ1v) is 6.59. The lowest BCUT2D eigenvalue weighted by atomic mass is 9.94. The van der Waals surface area contributed by atoms with Crippen molar-refractivity contribution in [3.8, 4) is 0 Å². The Kier molecular flexibility index (Phi) is 5.07. The SMILES string of the molecule is CC(=O)NC1CCN(C(=O)C(C(N)=S)C(C)C)C1. The molecule has 1 heterocycles. The number of carbonyl (C=O) groups excluding carboxylic acids is 2.